The first kappa shape index (κ1) is 13.1. The fourth-order valence-electron chi connectivity index (χ4n) is 1.68. The topological polar surface area (TPSA) is 38.0 Å². The van der Waals surface area contributed by atoms with Gasteiger partial charge in [0.25, 0.3) is 0 Å². The molecule has 0 fully saturated rings. The molecule has 0 aliphatic rings. The average Bonchev–Trinajstić information content (AvgIpc) is 2.34. The van der Waals surface area contributed by atoms with Crippen molar-refractivity contribution in [3.63, 3.8) is 0 Å². The molecule has 0 aromatic heterocycles. The highest BCUT2D eigenvalue weighted by Crippen LogP contribution is 2.24. The van der Waals surface area contributed by atoms with E-state index in [4.69, 9.17) is 28.9 Å². The van der Waals surface area contributed by atoms with Crippen LogP contribution in [0.25, 0.3) is 0 Å². The molecule has 2 aromatic rings. The van der Waals surface area contributed by atoms with Gasteiger partial charge in [0.15, 0.2) is 0 Å². The fourth-order valence-corrected chi connectivity index (χ4v) is 2.00. The van der Waals surface area contributed by atoms with Crippen LogP contribution in [0.15, 0.2) is 36.4 Å². The lowest BCUT2D eigenvalue weighted by molar-refractivity contribution is 1.14. The highest BCUT2D eigenvalue weighted by atomic mass is 35.5. The van der Waals surface area contributed by atoms with Gasteiger partial charge in [0.05, 0.1) is 10.0 Å². The van der Waals surface area contributed by atoms with E-state index in [9.17, 15) is 0 Å². The Balaban J connectivity index is 2.11. The smallest absolute Gasteiger partial charge is 0.0595 e. The van der Waals surface area contributed by atoms with Crippen LogP contribution in [0.3, 0.4) is 0 Å². The summed E-state index contributed by atoms with van der Waals surface area (Å²) >= 11 is 11.8. The van der Waals surface area contributed by atoms with Crippen molar-refractivity contribution in [1.82, 2.24) is 0 Å². The van der Waals surface area contributed by atoms with Crippen LogP contribution < -0.4 is 11.1 Å². The van der Waals surface area contributed by atoms with Gasteiger partial charge in [-0.15, -0.1) is 0 Å². The Kier molecular flexibility index (Phi) is 4.00. The molecule has 0 bridgehead atoms. The molecular formula is C14H14Cl2N2. The SMILES string of the molecule is Cc1ccc(N)cc1NCc1ccc(Cl)c(Cl)c1. The van der Waals surface area contributed by atoms with Crippen LogP contribution in [0.5, 0.6) is 0 Å². The first-order valence-electron chi connectivity index (χ1n) is 5.60. The minimum Gasteiger partial charge on any atom is -0.399 e. The molecule has 0 unspecified atom stereocenters. The van der Waals surface area contributed by atoms with Gasteiger partial charge in [0.2, 0.25) is 0 Å². The predicted molar refractivity (Wildman–Crippen MR) is 79.4 cm³/mol. The second-order valence-electron chi connectivity index (χ2n) is 4.18. The number of anilines is 2. The molecule has 0 atom stereocenters. The summed E-state index contributed by atoms with van der Waals surface area (Å²) in [4.78, 5) is 0. The third kappa shape index (κ3) is 3.09. The van der Waals surface area contributed by atoms with Crippen molar-refractivity contribution in [2.75, 3.05) is 11.1 Å². The standard InChI is InChI=1S/C14H14Cl2N2/c1-9-2-4-11(17)7-14(9)18-8-10-3-5-12(15)13(16)6-10/h2-7,18H,8,17H2,1H3. The van der Waals surface area contributed by atoms with E-state index in [1.807, 2.05) is 37.3 Å². The minimum atomic E-state index is 0.570. The molecule has 2 aromatic carbocycles. The number of nitrogens with two attached hydrogens (primary N) is 1. The van der Waals surface area contributed by atoms with Crippen molar-refractivity contribution in [3.05, 3.63) is 57.6 Å². The van der Waals surface area contributed by atoms with Crippen molar-refractivity contribution < 1.29 is 0 Å². The summed E-state index contributed by atoms with van der Waals surface area (Å²) in [7, 11) is 0. The van der Waals surface area contributed by atoms with E-state index < -0.39 is 0 Å². The Bertz CT molecular complexity index is 568. The number of nitrogens with one attached hydrogen (secondary N) is 1. The first-order valence-corrected chi connectivity index (χ1v) is 6.36. The third-order valence-corrected chi connectivity index (χ3v) is 3.47. The molecule has 3 N–H and O–H groups in total. The molecule has 0 saturated carbocycles. The van der Waals surface area contributed by atoms with E-state index in [1.54, 1.807) is 6.07 Å². The zero-order valence-corrected chi connectivity index (χ0v) is 11.5. The van der Waals surface area contributed by atoms with Gasteiger partial charge in [0.1, 0.15) is 0 Å². The van der Waals surface area contributed by atoms with Gasteiger partial charge >= 0.3 is 0 Å². The van der Waals surface area contributed by atoms with Crippen molar-refractivity contribution in [2.45, 2.75) is 13.5 Å². The first-order chi connectivity index (χ1) is 8.56. The molecule has 4 heteroatoms. The van der Waals surface area contributed by atoms with E-state index in [-0.39, 0.29) is 0 Å². The maximum Gasteiger partial charge on any atom is 0.0595 e. The summed E-state index contributed by atoms with van der Waals surface area (Å²) in [6, 6.07) is 11.4. The zero-order valence-electron chi connectivity index (χ0n) is 10.0. The second-order valence-corrected chi connectivity index (χ2v) is 4.99. The van der Waals surface area contributed by atoms with Crippen LogP contribution in [-0.2, 0) is 6.54 Å². The Morgan fingerprint density at radius 2 is 1.83 bits per heavy atom. The van der Waals surface area contributed by atoms with Gasteiger partial charge in [-0.2, -0.15) is 0 Å². The van der Waals surface area contributed by atoms with Crippen LogP contribution >= 0.6 is 23.2 Å². The lowest BCUT2D eigenvalue weighted by Gasteiger charge is -2.11. The quantitative estimate of drug-likeness (QED) is 0.813. The molecule has 2 rings (SSSR count). The second kappa shape index (κ2) is 5.51. The van der Waals surface area contributed by atoms with Gasteiger partial charge in [-0.05, 0) is 42.3 Å². The number of aryl methyl sites for hydroxylation is 1. The molecule has 0 aliphatic carbocycles. The van der Waals surface area contributed by atoms with Crippen molar-refractivity contribution in [3.8, 4) is 0 Å². The molecule has 0 heterocycles. The molecule has 94 valence electrons. The molecule has 0 saturated heterocycles. The number of benzene rings is 2. The zero-order chi connectivity index (χ0) is 13.1. The highest BCUT2D eigenvalue weighted by molar-refractivity contribution is 6.42. The summed E-state index contributed by atoms with van der Waals surface area (Å²) in [6.45, 7) is 2.72. The largest absolute Gasteiger partial charge is 0.399 e. The normalized spacial score (nSPS) is 10.4. The number of rotatable bonds is 3. The van der Waals surface area contributed by atoms with Crippen LogP contribution in [0.4, 0.5) is 11.4 Å². The van der Waals surface area contributed by atoms with Crippen LogP contribution in [0.2, 0.25) is 10.0 Å². The third-order valence-electron chi connectivity index (χ3n) is 2.73. The van der Waals surface area contributed by atoms with Gasteiger partial charge in [-0.25, -0.2) is 0 Å². The summed E-state index contributed by atoms with van der Waals surface area (Å²) in [6.07, 6.45) is 0. The molecule has 0 radical (unpaired) electrons. The van der Waals surface area contributed by atoms with E-state index in [2.05, 4.69) is 5.32 Å². The molecular weight excluding hydrogens is 267 g/mol. The fraction of sp³-hybridized carbons (Fsp3) is 0.143. The maximum absolute atomic E-state index is 5.97. The molecule has 0 spiro atoms. The van der Waals surface area contributed by atoms with E-state index >= 15 is 0 Å². The molecule has 0 aliphatic heterocycles. The van der Waals surface area contributed by atoms with Gasteiger partial charge in [-0.3, -0.25) is 0 Å². The van der Waals surface area contributed by atoms with Crippen LogP contribution in [0.1, 0.15) is 11.1 Å². The Labute approximate surface area is 117 Å². The minimum absolute atomic E-state index is 0.570. The summed E-state index contributed by atoms with van der Waals surface area (Å²) in [5, 5.41) is 4.47. The Morgan fingerprint density at radius 1 is 1.06 bits per heavy atom. The summed E-state index contributed by atoms with van der Waals surface area (Å²) in [5.41, 5.74) is 9.77. The number of halogens is 2. The number of hydrogen-bond donors (Lipinski definition) is 2. The van der Waals surface area contributed by atoms with Crippen LogP contribution in [-0.4, -0.2) is 0 Å². The highest BCUT2D eigenvalue weighted by Gasteiger charge is 2.01. The summed E-state index contributed by atoms with van der Waals surface area (Å²) < 4.78 is 0. The molecule has 2 nitrogen and oxygen atoms in total. The van der Waals surface area contributed by atoms with E-state index in [1.165, 1.54) is 0 Å². The lowest BCUT2D eigenvalue weighted by atomic mass is 10.1. The number of hydrogen-bond acceptors (Lipinski definition) is 2. The van der Waals surface area contributed by atoms with Gasteiger partial charge in [-0.1, -0.05) is 35.3 Å². The van der Waals surface area contributed by atoms with Gasteiger partial charge in [0, 0.05) is 17.9 Å². The van der Waals surface area contributed by atoms with Crippen LogP contribution in [0, 0.1) is 6.92 Å². The Morgan fingerprint density at radius 3 is 2.56 bits per heavy atom. The predicted octanol–water partition coefficient (Wildman–Crippen LogP) is 4.50. The Hall–Kier alpha value is -1.38. The lowest BCUT2D eigenvalue weighted by Crippen LogP contribution is -2.01. The van der Waals surface area contributed by atoms with E-state index in [0.717, 1.165) is 22.5 Å². The number of nitrogen functional groups attached to an aromatic ring is 1. The van der Waals surface area contributed by atoms with Crippen molar-refractivity contribution >= 4 is 34.6 Å². The monoisotopic (exact) mass is 280 g/mol. The molecule has 0 amide bonds. The van der Waals surface area contributed by atoms with Crippen molar-refractivity contribution in [1.29, 1.82) is 0 Å². The van der Waals surface area contributed by atoms with E-state index in [0.29, 0.717) is 16.6 Å². The molecule has 18 heavy (non-hydrogen) atoms. The van der Waals surface area contributed by atoms with Gasteiger partial charge < -0.3 is 11.1 Å². The maximum atomic E-state index is 5.97. The average molecular weight is 281 g/mol. The van der Waals surface area contributed by atoms with Crippen molar-refractivity contribution in [2.24, 2.45) is 0 Å². The summed E-state index contributed by atoms with van der Waals surface area (Å²) in [5.74, 6) is 0.